The standard InChI is InChI=1S/C15H26N6OS/c22-15(16-7-10-20-8-3-4-9-20)12-23-11-14-17-18-19-21(14)13-5-1-2-6-13/h13H,1-12H2,(H,16,22). The Morgan fingerprint density at radius 3 is 2.78 bits per heavy atom. The van der Waals surface area contributed by atoms with E-state index in [1.807, 2.05) is 4.68 Å². The summed E-state index contributed by atoms with van der Waals surface area (Å²) in [4.78, 5) is 14.3. The zero-order valence-corrected chi connectivity index (χ0v) is 14.4. The number of amides is 1. The highest BCUT2D eigenvalue weighted by Crippen LogP contribution is 2.29. The van der Waals surface area contributed by atoms with Crippen LogP contribution in [0.1, 0.15) is 50.4 Å². The summed E-state index contributed by atoms with van der Waals surface area (Å²) in [5.41, 5.74) is 0. The maximum absolute atomic E-state index is 11.9. The largest absolute Gasteiger partial charge is 0.354 e. The van der Waals surface area contributed by atoms with E-state index in [1.54, 1.807) is 11.8 Å². The Balaban J connectivity index is 1.32. The van der Waals surface area contributed by atoms with Crippen LogP contribution in [0.4, 0.5) is 0 Å². The minimum Gasteiger partial charge on any atom is -0.354 e. The van der Waals surface area contributed by atoms with Crippen molar-refractivity contribution in [3.8, 4) is 0 Å². The van der Waals surface area contributed by atoms with Gasteiger partial charge in [-0.2, -0.15) is 0 Å². The predicted octanol–water partition coefficient (Wildman–Crippen LogP) is 1.23. The third-order valence-electron chi connectivity index (χ3n) is 4.64. The highest BCUT2D eigenvalue weighted by atomic mass is 32.2. The van der Waals surface area contributed by atoms with Crippen LogP contribution in [0.5, 0.6) is 0 Å². The topological polar surface area (TPSA) is 75.9 Å². The molecule has 1 saturated heterocycles. The fraction of sp³-hybridized carbons (Fsp3) is 0.867. The molecule has 0 radical (unpaired) electrons. The molecule has 1 saturated carbocycles. The van der Waals surface area contributed by atoms with Crippen molar-refractivity contribution in [3.63, 3.8) is 0 Å². The molecule has 0 atom stereocenters. The zero-order chi connectivity index (χ0) is 15.9. The van der Waals surface area contributed by atoms with Gasteiger partial charge in [0.05, 0.1) is 17.5 Å². The Labute approximate surface area is 141 Å². The number of aromatic nitrogens is 4. The summed E-state index contributed by atoms with van der Waals surface area (Å²) in [5, 5.41) is 15.0. The lowest BCUT2D eigenvalue weighted by Gasteiger charge is -2.14. The average Bonchev–Trinajstić information content (AvgIpc) is 3.29. The van der Waals surface area contributed by atoms with Crippen molar-refractivity contribution < 1.29 is 4.79 Å². The molecule has 1 N–H and O–H groups in total. The van der Waals surface area contributed by atoms with Gasteiger partial charge in [0.1, 0.15) is 0 Å². The van der Waals surface area contributed by atoms with E-state index in [1.165, 1.54) is 51.6 Å². The molecular formula is C15H26N6OS. The molecule has 2 aliphatic rings. The number of nitrogens with zero attached hydrogens (tertiary/aromatic N) is 5. The Morgan fingerprint density at radius 2 is 2.00 bits per heavy atom. The lowest BCUT2D eigenvalue weighted by molar-refractivity contribution is -0.118. The van der Waals surface area contributed by atoms with E-state index in [4.69, 9.17) is 0 Å². The molecule has 7 nitrogen and oxygen atoms in total. The highest BCUT2D eigenvalue weighted by molar-refractivity contribution is 7.99. The van der Waals surface area contributed by atoms with Crippen molar-refractivity contribution in [2.24, 2.45) is 0 Å². The maximum Gasteiger partial charge on any atom is 0.230 e. The van der Waals surface area contributed by atoms with Gasteiger partial charge in [-0.05, 0) is 49.2 Å². The Hall–Kier alpha value is -1.15. The summed E-state index contributed by atoms with van der Waals surface area (Å²) in [6.07, 6.45) is 7.44. The van der Waals surface area contributed by atoms with Crippen molar-refractivity contribution in [1.29, 1.82) is 0 Å². The molecule has 1 amide bonds. The van der Waals surface area contributed by atoms with Crippen molar-refractivity contribution in [2.45, 2.75) is 50.3 Å². The summed E-state index contributed by atoms with van der Waals surface area (Å²) in [6.45, 7) is 4.07. The molecule has 0 aromatic carbocycles. The Morgan fingerprint density at radius 1 is 1.22 bits per heavy atom. The van der Waals surface area contributed by atoms with Gasteiger partial charge < -0.3 is 10.2 Å². The smallest absolute Gasteiger partial charge is 0.230 e. The number of thioether (sulfide) groups is 1. The lowest BCUT2D eigenvalue weighted by atomic mass is 10.2. The molecule has 1 aliphatic heterocycles. The number of carbonyl (C=O) groups excluding carboxylic acids is 1. The molecule has 128 valence electrons. The quantitative estimate of drug-likeness (QED) is 0.768. The van der Waals surface area contributed by atoms with Crippen molar-refractivity contribution in [3.05, 3.63) is 5.82 Å². The van der Waals surface area contributed by atoms with Crippen molar-refractivity contribution in [1.82, 2.24) is 30.4 Å². The minimum atomic E-state index is 0.106. The predicted molar refractivity (Wildman–Crippen MR) is 90.2 cm³/mol. The van der Waals surface area contributed by atoms with Crippen LogP contribution in [-0.4, -0.2) is 62.9 Å². The molecule has 1 aromatic rings. The number of rotatable bonds is 8. The molecular weight excluding hydrogens is 312 g/mol. The first kappa shape index (κ1) is 16.7. The zero-order valence-electron chi connectivity index (χ0n) is 13.6. The Kier molecular flexibility index (Phi) is 6.27. The first-order valence-corrected chi connectivity index (χ1v) is 9.82. The van der Waals surface area contributed by atoms with E-state index in [2.05, 4.69) is 25.7 Å². The molecule has 23 heavy (non-hydrogen) atoms. The van der Waals surface area contributed by atoms with Crippen LogP contribution in [0.3, 0.4) is 0 Å². The van der Waals surface area contributed by atoms with Crippen LogP contribution in [0.2, 0.25) is 0 Å². The fourth-order valence-corrected chi connectivity index (χ4v) is 4.15. The monoisotopic (exact) mass is 338 g/mol. The normalized spacial score (nSPS) is 19.5. The molecule has 0 spiro atoms. The van der Waals surface area contributed by atoms with Gasteiger partial charge in [0, 0.05) is 13.1 Å². The van der Waals surface area contributed by atoms with Gasteiger partial charge >= 0.3 is 0 Å². The van der Waals surface area contributed by atoms with Gasteiger partial charge in [-0.25, -0.2) is 4.68 Å². The summed E-state index contributed by atoms with van der Waals surface area (Å²) in [6, 6.07) is 0.454. The summed E-state index contributed by atoms with van der Waals surface area (Å²) in [5.74, 6) is 2.17. The number of likely N-dealkylation sites (tertiary alicyclic amines) is 1. The van der Waals surface area contributed by atoms with Crippen LogP contribution < -0.4 is 5.32 Å². The molecule has 0 bridgehead atoms. The van der Waals surface area contributed by atoms with Crippen LogP contribution in [0.15, 0.2) is 0 Å². The summed E-state index contributed by atoms with van der Waals surface area (Å²) in [7, 11) is 0. The van der Waals surface area contributed by atoms with Gasteiger partial charge in [0.2, 0.25) is 5.91 Å². The minimum absolute atomic E-state index is 0.106. The molecule has 0 unspecified atom stereocenters. The maximum atomic E-state index is 11.9. The van der Waals surface area contributed by atoms with Gasteiger partial charge in [0.15, 0.2) is 5.82 Å². The third kappa shape index (κ3) is 4.91. The number of hydrogen-bond acceptors (Lipinski definition) is 6. The third-order valence-corrected chi connectivity index (χ3v) is 5.57. The van der Waals surface area contributed by atoms with E-state index < -0.39 is 0 Å². The SMILES string of the molecule is O=C(CSCc1nnnn1C1CCCC1)NCCN1CCCC1. The number of carbonyl (C=O) groups is 1. The average molecular weight is 338 g/mol. The highest BCUT2D eigenvalue weighted by Gasteiger charge is 2.21. The van der Waals surface area contributed by atoms with E-state index >= 15 is 0 Å². The molecule has 1 aromatic heterocycles. The number of hydrogen-bond donors (Lipinski definition) is 1. The van der Waals surface area contributed by atoms with Crippen molar-refractivity contribution in [2.75, 3.05) is 31.9 Å². The van der Waals surface area contributed by atoms with Crippen LogP contribution >= 0.6 is 11.8 Å². The molecule has 1 aliphatic carbocycles. The number of nitrogens with one attached hydrogen (secondary N) is 1. The second kappa shape index (κ2) is 8.63. The molecule has 2 fully saturated rings. The van der Waals surface area contributed by atoms with Gasteiger partial charge in [-0.3, -0.25) is 4.79 Å². The van der Waals surface area contributed by atoms with E-state index in [-0.39, 0.29) is 5.91 Å². The van der Waals surface area contributed by atoms with Gasteiger partial charge in [-0.1, -0.05) is 12.8 Å². The van der Waals surface area contributed by atoms with Gasteiger partial charge in [-0.15, -0.1) is 16.9 Å². The van der Waals surface area contributed by atoms with E-state index in [0.717, 1.165) is 18.9 Å². The molecule has 3 rings (SSSR count). The second-order valence-electron chi connectivity index (χ2n) is 6.37. The summed E-state index contributed by atoms with van der Waals surface area (Å²) >= 11 is 1.59. The van der Waals surface area contributed by atoms with Crippen LogP contribution in [-0.2, 0) is 10.5 Å². The van der Waals surface area contributed by atoms with Crippen LogP contribution in [0, 0.1) is 0 Å². The van der Waals surface area contributed by atoms with E-state index in [9.17, 15) is 4.79 Å². The van der Waals surface area contributed by atoms with Crippen molar-refractivity contribution >= 4 is 17.7 Å². The lowest BCUT2D eigenvalue weighted by Crippen LogP contribution is -2.34. The molecule has 8 heteroatoms. The van der Waals surface area contributed by atoms with E-state index in [0.29, 0.717) is 17.5 Å². The second-order valence-corrected chi connectivity index (χ2v) is 7.36. The van der Waals surface area contributed by atoms with Gasteiger partial charge in [0.25, 0.3) is 0 Å². The summed E-state index contributed by atoms with van der Waals surface area (Å²) < 4.78 is 1.96. The molecule has 2 heterocycles. The first-order valence-electron chi connectivity index (χ1n) is 8.66. The first-order chi connectivity index (χ1) is 11.3. The fourth-order valence-electron chi connectivity index (χ4n) is 3.39. The van der Waals surface area contributed by atoms with Crippen LogP contribution in [0.25, 0.3) is 0 Å². The Bertz CT molecular complexity index is 496. The number of tetrazole rings is 1.